The van der Waals surface area contributed by atoms with Crippen molar-refractivity contribution in [2.75, 3.05) is 5.75 Å². The average molecular weight is 669 g/mol. The summed E-state index contributed by atoms with van der Waals surface area (Å²) in [7, 11) is 0. The minimum absolute atomic E-state index is 0.000356. The number of carbonyl (C=O) groups is 2. The molecule has 1 fully saturated rings. The number of hydroxylamine groups is 1. The maximum Gasteiger partial charge on any atom is 0.243 e. The summed E-state index contributed by atoms with van der Waals surface area (Å²) in [6, 6.07) is 34.6. The number of unbranched alkanes of at least 4 members (excludes halogenated alkanes) is 3. The third-order valence-electron chi connectivity index (χ3n) is 8.46. The zero-order valence-electron chi connectivity index (χ0n) is 27.1. The van der Waals surface area contributed by atoms with E-state index in [1.807, 2.05) is 60.7 Å². The Balaban J connectivity index is 1.21. The lowest BCUT2D eigenvalue weighted by molar-refractivity contribution is -0.245. The van der Waals surface area contributed by atoms with Gasteiger partial charge in [0, 0.05) is 42.0 Å². The number of benzene rings is 4. The van der Waals surface area contributed by atoms with E-state index in [1.54, 1.807) is 17.2 Å². The second kappa shape index (κ2) is 18.5. The van der Waals surface area contributed by atoms with Crippen LogP contribution in [0.3, 0.4) is 0 Å². The van der Waals surface area contributed by atoms with Gasteiger partial charge in [0.05, 0.1) is 18.8 Å². The molecular weight excluding hydrogens is 625 g/mol. The van der Waals surface area contributed by atoms with Gasteiger partial charge in [0.25, 0.3) is 0 Å². The monoisotopic (exact) mass is 668 g/mol. The SMILES string of the molecule is O=C(CCCCCCC(=O)NCc1ccccc1-c1ccc([C@H]2O[C@@H](CSc3ccccc3)C[C@@H](c3ccc(CO)cc3)O2)cc1)NO. The molecule has 4 aromatic carbocycles. The number of rotatable bonds is 16. The normalized spacial score (nSPS) is 17.5. The van der Waals surface area contributed by atoms with Crippen LogP contribution in [0.15, 0.2) is 108 Å². The van der Waals surface area contributed by atoms with Crippen molar-refractivity contribution in [1.29, 1.82) is 0 Å². The van der Waals surface area contributed by atoms with Gasteiger partial charge in [-0.15, -0.1) is 11.8 Å². The molecule has 48 heavy (non-hydrogen) atoms. The first-order valence-corrected chi connectivity index (χ1v) is 17.6. The predicted octanol–water partition coefficient (Wildman–Crippen LogP) is 7.65. The summed E-state index contributed by atoms with van der Waals surface area (Å²) < 4.78 is 13.1. The second-order valence-corrected chi connectivity index (χ2v) is 13.1. The lowest BCUT2D eigenvalue weighted by Gasteiger charge is -2.36. The highest BCUT2D eigenvalue weighted by Crippen LogP contribution is 2.40. The Labute approximate surface area is 286 Å². The Kier molecular flexibility index (Phi) is 13.6. The molecule has 0 aliphatic carbocycles. The number of hydrogen-bond donors (Lipinski definition) is 4. The summed E-state index contributed by atoms with van der Waals surface area (Å²) in [6.07, 6.45) is 3.89. The molecule has 0 bridgehead atoms. The molecule has 9 heteroatoms. The van der Waals surface area contributed by atoms with E-state index in [4.69, 9.17) is 14.7 Å². The summed E-state index contributed by atoms with van der Waals surface area (Å²) in [4.78, 5) is 24.8. The number of nitrogens with one attached hydrogen (secondary N) is 2. The van der Waals surface area contributed by atoms with Crippen molar-refractivity contribution < 1.29 is 29.4 Å². The van der Waals surface area contributed by atoms with Gasteiger partial charge in [-0.2, -0.15) is 0 Å². The Hall–Kier alpha value is -3.99. The molecule has 4 aromatic rings. The standard InChI is InChI=1S/C39H44N2O6S/c42-26-28-16-18-30(19-17-28)36-24-33(27-48-34-11-4-3-5-12-34)46-39(47-36)31-22-20-29(21-23-31)35-13-9-8-10-32(35)25-40-37(43)14-6-1-2-7-15-38(44)41-45/h3-5,8-13,16-23,33,36,39,42,45H,1-2,6-7,14-15,24-27H2,(H,40,43)(H,41,44)/t33-,36+,39+/m1/s1. The Morgan fingerprint density at radius 1 is 0.750 bits per heavy atom. The third kappa shape index (κ3) is 10.5. The Morgan fingerprint density at radius 3 is 2.12 bits per heavy atom. The van der Waals surface area contributed by atoms with Crippen LogP contribution >= 0.6 is 11.8 Å². The lowest BCUT2D eigenvalue weighted by atomic mass is 9.97. The molecule has 252 valence electrons. The molecule has 3 atom stereocenters. The van der Waals surface area contributed by atoms with Gasteiger partial charge in [0.2, 0.25) is 11.8 Å². The number of thioether (sulfide) groups is 1. The van der Waals surface area contributed by atoms with Gasteiger partial charge in [-0.1, -0.05) is 104 Å². The predicted molar refractivity (Wildman–Crippen MR) is 187 cm³/mol. The van der Waals surface area contributed by atoms with Crippen molar-refractivity contribution >= 4 is 23.6 Å². The van der Waals surface area contributed by atoms with Crippen molar-refractivity contribution in [1.82, 2.24) is 10.8 Å². The quantitative estimate of drug-likeness (QED) is 0.0420. The molecule has 1 heterocycles. The minimum atomic E-state index is -0.530. The number of carbonyl (C=O) groups excluding carboxylic acids is 2. The Bertz CT molecular complexity index is 1580. The number of aliphatic hydroxyl groups excluding tert-OH is 1. The van der Waals surface area contributed by atoms with Gasteiger partial charge in [-0.25, -0.2) is 5.48 Å². The molecule has 0 saturated carbocycles. The van der Waals surface area contributed by atoms with E-state index >= 15 is 0 Å². The molecule has 5 rings (SSSR count). The van der Waals surface area contributed by atoms with Crippen molar-refractivity contribution in [3.8, 4) is 11.1 Å². The van der Waals surface area contributed by atoms with Gasteiger partial charge in [0.1, 0.15) is 0 Å². The fourth-order valence-corrected chi connectivity index (χ4v) is 6.71. The minimum Gasteiger partial charge on any atom is -0.392 e. The maximum absolute atomic E-state index is 12.5. The molecule has 1 saturated heterocycles. The summed E-state index contributed by atoms with van der Waals surface area (Å²) in [5.74, 6) is 0.421. The highest BCUT2D eigenvalue weighted by atomic mass is 32.2. The molecule has 1 aliphatic heterocycles. The number of amides is 2. The molecule has 0 radical (unpaired) electrons. The van der Waals surface area contributed by atoms with Crippen molar-refractivity contribution in [3.05, 3.63) is 125 Å². The van der Waals surface area contributed by atoms with E-state index in [1.165, 1.54) is 4.90 Å². The second-order valence-electron chi connectivity index (χ2n) is 12.0. The molecule has 1 aliphatic rings. The van der Waals surface area contributed by atoms with Crippen LogP contribution in [-0.4, -0.2) is 34.0 Å². The number of aliphatic hydroxyl groups is 1. The molecule has 4 N–H and O–H groups in total. The van der Waals surface area contributed by atoms with Crippen LogP contribution in [0.25, 0.3) is 11.1 Å². The van der Waals surface area contributed by atoms with E-state index in [-0.39, 0.29) is 37.0 Å². The van der Waals surface area contributed by atoms with Crippen LogP contribution in [0.2, 0.25) is 0 Å². The van der Waals surface area contributed by atoms with Crippen LogP contribution in [0, 0.1) is 0 Å². The zero-order chi connectivity index (χ0) is 33.6. The van der Waals surface area contributed by atoms with E-state index in [9.17, 15) is 14.7 Å². The summed E-state index contributed by atoms with van der Waals surface area (Å²) in [6.45, 7) is 0.437. The first-order valence-electron chi connectivity index (χ1n) is 16.6. The van der Waals surface area contributed by atoms with E-state index in [0.29, 0.717) is 19.4 Å². The lowest BCUT2D eigenvalue weighted by Crippen LogP contribution is -2.31. The molecule has 0 spiro atoms. The average Bonchev–Trinajstić information content (AvgIpc) is 3.15. The van der Waals surface area contributed by atoms with Crippen molar-refractivity contribution in [2.24, 2.45) is 0 Å². The van der Waals surface area contributed by atoms with E-state index < -0.39 is 6.29 Å². The summed E-state index contributed by atoms with van der Waals surface area (Å²) in [5.41, 5.74) is 7.63. The Morgan fingerprint density at radius 2 is 1.42 bits per heavy atom. The van der Waals surface area contributed by atoms with E-state index in [2.05, 4.69) is 47.8 Å². The van der Waals surface area contributed by atoms with E-state index in [0.717, 1.165) is 64.8 Å². The van der Waals surface area contributed by atoms with Crippen LogP contribution in [0.1, 0.15) is 79.6 Å². The van der Waals surface area contributed by atoms with Gasteiger partial charge in [-0.3, -0.25) is 14.8 Å². The smallest absolute Gasteiger partial charge is 0.243 e. The third-order valence-corrected chi connectivity index (χ3v) is 9.61. The van der Waals surface area contributed by atoms with Gasteiger partial charge in [0.15, 0.2) is 6.29 Å². The van der Waals surface area contributed by atoms with Crippen molar-refractivity contribution in [3.63, 3.8) is 0 Å². The van der Waals surface area contributed by atoms with Crippen LogP contribution in [0.5, 0.6) is 0 Å². The van der Waals surface area contributed by atoms with Crippen molar-refractivity contribution in [2.45, 2.75) is 81.5 Å². The number of hydrogen-bond acceptors (Lipinski definition) is 7. The summed E-state index contributed by atoms with van der Waals surface area (Å²) in [5, 5.41) is 21.1. The molecule has 0 unspecified atom stereocenters. The summed E-state index contributed by atoms with van der Waals surface area (Å²) >= 11 is 1.78. The van der Waals surface area contributed by atoms with Gasteiger partial charge >= 0.3 is 0 Å². The molecule has 2 amide bonds. The first kappa shape index (κ1) is 35.3. The fraction of sp³-hybridized carbons (Fsp3) is 0.333. The maximum atomic E-state index is 12.5. The highest BCUT2D eigenvalue weighted by Gasteiger charge is 2.32. The topological polar surface area (TPSA) is 117 Å². The molecule has 0 aromatic heterocycles. The zero-order valence-corrected chi connectivity index (χ0v) is 27.9. The highest BCUT2D eigenvalue weighted by molar-refractivity contribution is 7.99. The van der Waals surface area contributed by atoms with Gasteiger partial charge < -0.3 is 19.9 Å². The number of ether oxygens (including phenoxy) is 2. The first-order chi connectivity index (χ1) is 23.5. The fourth-order valence-electron chi connectivity index (χ4n) is 5.77. The van der Waals surface area contributed by atoms with Gasteiger partial charge in [-0.05, 0) is 52.8 Å². The van der Waals surface area contributed by atoms with Crippen LogP contribution in [0.4, 0.5) is 0 Å². The molecule has 8 nitrogen and oxygen atoms in total. The van der Waals surface area contributed by atoms with Crippen LogP contribution in [-0.2, 0) is 32.2 Å². The largest absolute Gasteiger partial charge is 0.392 e. The molecular formula is C39H44N2O6S. The van der Waals surface area contributed by atoms with Crippen LogP contribution < -0.4 is 10.8 Å².